The van der Waals surface area contributed by atoms with Crippen LogP contribution in [-0.4, -0.2) is 71.0 Å². The summed E-state index contributed by atoms with van der Waals surface area (Å²) in [5.41, 5.74) is -0.0581. The van der Waals surface area contributed by atoms with Crippen LogP contribution in [0.5, 0.6) is 0 Å². The molecule has 3 rings (SSSR count). The number of ether oxygens (including phenoxy) is 2. The van der Waals surface area contributed by atoms with Crippen molar-refractivity contribution in [2.45, 2.75) is 19.6 Å². The standard InChI is InChI=1S/C22H28N6O6/c1-33-10-8-23-17(29)12-24-18(30)14-28-21(31)19-20(25-15-26(19)9-11-34-2)27(22(28)32)13-16-6-4-3-5-7-16/h3-7,15H,8-14H2,1-2H3,(H,23,29)(H,24,30). The number of hydrogen-bond donors (Lipinski definition) is 2. The molecule has 0 bridgehead atoms. The second kappa shape index (κ2) is 11.9. The number of benzene rings is 1. The van der Waals surface area contributed by atoms with Crippen molar-refractivity contribution in [2.24, 2.45) is 0 Å². The Morgan fingerprint density at radius 3 is 2.41 bits per heavy atom. The molecule has 12 nitrogen and oxygen atoms in total. The van der Waals surface area contributed by atoms with Crippen molar-refractivity contribution in [3.05, 3.63) is 63.1 Å². The molecule has 0 saturated heterocycles. The number of aromatic nitrogens is 4. The fraction of sp³-hybridized carbons (Fsp3) is 0.409. The van der Waals surface area contributed by atoms with Gasteiger partial charge in [0.15, 0.2) is 11.2 Å². The summed E-state index contributed by atoms with van der Waals surface area (Å²) in [6.07, 6.45) is 1.47. The van der Waals surface area contributed by atoms with Crippen molar-refractivity contribution in [1.82, 2.24) is 29.3 Å². The largest absolute Gasteiger partial charge is 0.383 e. The van der Waals surface area contributed by atoms with Crippen molar-refractivity contribution < 1.29 is 19.1 Å². The average Bonchev–Trinajstić information content (AvgIpc) is 3.26. The molecule has 0 aliphatic rings. The molecule has 182 valence electrons. The van der Waals surface area contributed by atoms with Gasteiger partial charge in [0.2, 0.25) is 11.8 Å². The molecule has 0 fully saturated rings. The SMILES string of the molecule is COCCNC(=O)CNC(=O)Cn1c(=O)c2c(ncn2CCOC)n(Cc2ccccc2)c1=O. The Balaban J connectivity index is 1.92. The first-order valence-electron chi connectivity index (χ1n) is 10.7. The molecular formula is C22H28N6O6. The topological polar surface area (TPSA) is 138 Å². The fourth-order valence-electron chi connectivity index (χ4n) is 3.38. The van der Waals surface area contributed by atoms with E-state index in [1.165, 1.54) is 18.0 Å². The molecule has 2 heterocycles. The zero-order valence-electron chi connectivity index (χ0n) is 19.2. The quantitative estimate of drug-likeness (QED) is 0.320. The van der Waals surface area contributed by atoms with Gasteiger partial charge in [0, 0.05) is 27.3 Å². The van der Waals surface area contributed by atoms with Crippen molar-refractivity contribution in [1.29, 1.82) is 0 Å². The summed E-state index contributed by atoms with van der Waals surface area (Å²) in [6.45, 7) is 0.665. The molecule has 0 saturated carbocycles. The Morgan fingerprint density at radius 1 is 0.971 bits per heavy atom. The number of carbonyl (C=O) groups is 2. The van der Waals surface area contributed by atoms with Crippen molar-refractivity contribution in [3.63, 3.8) is 0 Å². The maximum atomic E-state index is 13.3. The van der Waals surface area contributed by atoms with Gasteiger partial charge in [-0.25, -0.2) is 14.3 Å². The molecule has 2 amide bonds. The van der Waals surface area contributed by atoms with E-state index in [0.29, 0.717) is 26.3 Å². The molecule has 0 unspecified atom stereocenters. The first kappa shape index (κ1) is 24.9. The number of nitrogens with one attached hydrogen (secondary N) is 2. The minimum absolute atomic E-state index is 0.168. The van der Waals surface area contributed by atoms with Crippen LogP contribution in [0.2, 0.25) is 0 Å². The Kier molecular flexibility index (Phi) is 8.71. The number of fused-ring (bicyclic) bond motifs is 1. The van der Waals surface area contributed by atoms with Gasteiger partial charge in [-0.1, -0.05) is 30.3 Å². The number of carbonyl (C=O) groups excluding carboxylic acids is 2. The van der Waals surface area contributed by atoms with Crippen LogP contribution >= 0.6 is 0 Å². The molecule has 3 aromatic rings. The normalized spacial score (nSPS) is 11.0. The van der Waals surface area contributed by atoms with Crippen molar-refractivity contribution in [2.75, 3.05) is 40.5 Å². The Labute approximate surface area is 195 Å². The molecule has 34 heavy (non-hydrogen) atoms. The zero-order chi connectivity index (χ0) is 24.5. The molecule has 1 aromatic carbocycles. The molecule has 0 radical (unpaired) electrons. The summed E-state index contributed by atoms with van der Waals surface area (Å²) in [5, 5.41) is 5.00. The van der Waals surface area contributed by atoms with Gasteiger partial charge in [-0.15, -0.1) is 0 Å². The van der Waals surface area contributed by atoms with Gasteiger partial charge < -0.3 is 24.7 Å². The lowest BCUT2D eigenvalue weighted by Crippen LogP contribution is -2.46. The number of hydrogen-bond acceptors (Lipinski definition) is 7. The number of amides is 2. The van der Waals surface area contributed by atoms with E-state index < -0.39 is 29.6 Å². The Bertz CT molecular complexity index is 1250. The summed E-state index contributed by atoms with van der Waals surface area (Å²) in [4.78, 5) is 55.1. The maximum absolute atomic E-state index is 13.3. The number of nitrogens with zero attached hydrogens (tertiary/aromatic N) is 4. The van der Waals surface area contributed by atoms with Gasteiger partial charge in [0.25, 0.3) is 5.56 Å². The Hall–Kier alpha value is -3.77. The van der Waals surface area contributed by atoms with Crippen molar-refractivity contribution in [3.8, 4) is 0 Å². The highest BCUT2D eigenvalue weighted by Crippen LogP contribution is 2.09. The molecule has 2 aromatic heterocycles. The van der Waals surface area contributed by atoms with E-state index in [2.05, 4.69) is 15.6 Å². The summed E-state index contributed by atoms with van der Waals surface area (Å²) in [5.74, 6) is -1.05. The van der Waals surface area contributed by atoms with E-state index in [1.807, 2.05) is 30.3 Å². The molecular weight excluding hydrogens is 444 g/mol. The highest BCUT2D eigenvalue weighted by atomic mass is 16.5. The zero-order valence-corrected chi connectivity index (χ0v) is 19.2. The van der Waals surface area contributed by atoms with Gasteiger partial charge in [-0.3, -0.25) is 19.0 Å². The third kappa shape index (κ3) is 5.97. The predicted octanol–water partition coefficient (Wildman–Crippen LogP) is -1.07. The van der Waals surface area contributed by atoms with Gasteiger partial charge in [-0.2, -0.15) is 0 Å². The van der Waals surface area contributed by atoms with Gasteiger partial charge in [0.1, 0.15) is 6.54 Å². The van der Waals surface area contributed by atoms with Gasteiger partial charge >= 0.3 is 5.69 Å². The maximum Gasteiger partial charge on any atom is 0.333 e. The lowest BCUT2D eigenvalue weighted by atomic mass is 10.2. The molecule has 0 aliphatic heterocycles. The summed E-state index contributed by atoms with van der Waals surface area (Å²) >= 11 is 0. The minimum atomic E-state index is -0.668. The van der Waals surface area contributed by atoms with Gasteiger partial charge in [-0.05, 0) is 5.56 Å². The summed E-state index contributed by atoms with van der Waals surface area (Å²) < 4.78 is 13.8. The van der Waals surface area contributed by atoms with E-state index >= 15 is 0 Å². The van der Waals surface area contributed by atoms with Crippen LogP contribution in [0.15, 0.2) is 46.2 Å². The second-order valence-electron chi connectivity index (χ2n) is 7.47. The number of imidazole rings is 1. The Morgan fingerprint density at radius 2 is 1.71 bits per heavy atom. The van der Waals surface area contributed by atoms with Crippen molar-refractivity contribution >= 4 is 23.0 Å². The predicted molar refractivity (Wildman–Crippen MR) is 124 cm³/mol. The van der Waals surface area contributed by atoms with E-state index in [0.717, 1.165) is 10.1 Å². The number of methoxy groups -OCH3 is 2. The van der Waals surface area contributed by atoms with Crippen LogP contribution in [0.3, 0.4) is 0 Å². The van der Waals surface area contributed by atoms with Crippen LogP contribution in [0.4, 0.5) is 0 Å². The smallest absolute Gasteiger partial charge is 0.333 e. The van der Waals surface area contributed by atoms with E-state index in [4.69, 9.17) is 9.47 Å². The summed E-state index contributed by atoms with van der Waals surface area (Å²) in [6, 6.07) is 9.25. The highest BCUT2D eigenvalue weighted by molar-refractivity contribution is 5.84. The minimum Gasteiger partial charge on any atom is -0.383 e. The third-order valence-electron chi connectivity index (χ3n) is 5.08. The van der Waals surface area contributed by atoms with E-state index in [-0.39, 0.29) is 24.3 Å². The van der Waals surface area contributed by atoms with E-state index in [9.17, 15) is 19.2 Å². The average molecular weight is 473 g/mol. The van der Waals surface area contributed by atoms with Crippen LogP contribution in [-0.2, 0) is 38.7 Å². The van der Waals surface area contributed by atoms with Gasteiger partial charge in [0.05, 0.1) is 32.6 Å². The molecule has 0 aliphatic carbocycles. The lowest BCUT2D eigenvalue weighted by Gasteiger charge is -2.13. The second-order valence-corrected chi connectivity index (χ2v) is 7.47. The summed E-state index contributed by atoms with van der Waals surface area (Å²) in [7, 11) is 3.05. The first-order chi connectivity index (χ1) is 16.5. The number of rotatable bonds is 12. The molecule has 0 atom stereocenters. The van der Waals surface area contributed by atoms with Crippen LogP contribution in [0.25, 0.3) is 11.2 Å². The lowest BCUT2D eigenvalue weighted by molar-refractivity contribution is -0.126. The molecule has 0 spiro atoms. The van der Waals surface area contributed by atoms with Crippen LogP contribution in [0.1, 0.15) is 5.56 Å². The van der Waals surface area contributed by atoms with Crippen LogP contribution < -0.4 is 21.9 Å². The highest BCUT2D eigenvalue weighted by Gasteiger charge is 2.20. The van der Waals surface area contributed by atoms with Crippen LogP contribution in [0, 0.1) is 0 Å². The van der Waals surface area contributed by atoms with E-state index in [1.54, 1.807) is 11.7 Å². The molecule has 2 N–H and O–H groups in total. The monoisotopic (exact) mass is 472 g/mol. The fourth-order valence-corrected chi connectivity index (χ4v) is 3.38. The molecule has 12 heteroatoms. The first-order valence-corrected chi connectivity index (χ1v) is 10.7. The third-order valence-corrected chi connectivity index (χ3v) is 5.08.